The smallest absolute Gasteiger partial charge is 0.458 e. The van der Waals surface area contributed by atoms with Gasteiger partial charge in [-0.3, -0.25) is 4.79 Å². The molecule has 0 aliphatic heterocycles. The Bertz CT molecular complexity index is 906. The van der Waals surface area contributed by atoms with Crippen molar-refractivity contribution in [2.75, 3.05) is 6.26 Å². The van der Waals surface area contributed by atoms with Crippen LogP contribution in [0, 0.1) is 13.8 Å². The number of benzene rings is 1. The van der Waals surface area contributed by atoms with Crippen molar-refractivity contribution in [1.29, 1.82) is 0 Å². The summed E-state index contributed by atoms with van der Waals surface area (Å²) in [5, 5.41) is 13.8. The number of aromatic nitrogens is 2. The molecule has 1 aromatic carbocycles. The van der Waals surface area contributed by atoms with Crippen LogP contribution in [0.15, 0.2) is 17.0 Å². The molecule has 0 amide bonds. The van der Waals surface area contributed by atoms with Crippen molar-refractivity contribution in [1.82, 2.24) is 9.78 Å². The van der Waals surface area contributed by atoms with Crippen molar-refractivity contribution >= 4 is 17.0 Å². The number of carbonyl (C=O) groups excluding carboxylic acids is 1. The number of carbonyl (C=O) groups is 1. The molecule has 0 saturated carbocycles. The summed E-state index contributed by atoms with van der Waals surface area (Å²) in [6.45, 7) is 2.55. The highest BCUT2D eigenvalue weighted by Crippen LogP contribution is 2.47. The van der Waals surface area contributed by atoms with E-state index in [1.54, 1.807) is 0 Å². The fourth-order valence-corrected chi connectivity index (χ4v) is 3.80. The van der Waals surface area contributed by atoms with Crippen molar-refractivity contribution in [3.8, 4) is 5.88 Å². The van der Waals surface area contributed by atoms with E-state index in [0.29, 0.717) is 6.07 Å². The van der Waals surface area contributed by atoms with Gasteiger partial charge in [-0.15, -0.1) is 0 Å². The minimum atomic E-state index is -5.89. The fraction of sp³-hybridized carbons (Fsp3) is 0.375. The molecule has 0 radical (unpaired) electrons. The van der Waals surface area contributed by atoms with Crippen molar-refractivity contribution in [2.45, 2.75) is 30.8 Å². The Morgan fingerprint density at radius 1 is 1.22 bits per heavy atom. The molecule has 27 heavy (non-hydrogen) atoms. The molecule has 0 spiro atoms. The van der Waals surface area contributed by atoms with Gasteiger partial charge in [-0.2, -0.15) is 27.1 Å². The van der Waals surface area contributed by atoms with Gasteiger partial charge in [-0.05, 0) is 37.2 Å². The zero-order valence-electron chi connectivity index (χ0n) is 14.6. The second-order valence-corrected chi connectivity index (χ2v) is 7.19. The molecule has 2 aromatic rings. The van der Waals surface area contributed by atoms with Crippen LogP contribution in [-0.2, 0) is 24.1 Å². The Labute approximate surface area is 154 Å². The zero-order valence-corrected chi connectivity index (χ0v) is 15.4. The number of aryl methyl sites for hydroxylation is 2. The van der Waals surface area contributed by atoms with E-state index in [4.69, 9.17) is 0 Å². The Balaban J connectivity index is 2.73. The van der Waals surface area contributed by atoms with Crippen molar-refractivity contribution in [3.05, 3.63) is 40.1 Å². The summed E-state index contributed by atoms with van der Waals surface area (Å²) in [4.78, 5) is 12.0. The van der Waals surface area contributed by atoms with E-state index in [1.165, 1.54) is 14.0 Å². The second-order valence-electron chi connectivity index (χ2n) is 5.88. The predicted molar refractivity (Wildman–Crippen MR) is 86.5 cm³/mol. The maximum absolute atomic E-state index is 13.9. The molecule has 11 heteroatoms. The molecule has 0 aliphatic carbocycles. The van der Waals surface area contributed by atoms with Gasteiger partial charge in [0.1, 0.15) is 11.8 Å². The van der Waals surface area contributed by atoms with Crippen molar-refractivity contribution in [3.63, 3.8) is 0 Å². The lowest BCUT2D eigenvalue weighted by Gasteiger charge is -2.24. The molecule has 1 atom stereocenters. The van der Waals surface area contributed by atoms with E-state index in [9.17, 15) is 36.4 Å². The molecular formula is C16H15F5N2O3S. The Morgan fingerprint density at radius 3 is 2.19 bits per heavy atom. The largest absolute Gasteiger partial charge is 0.612 e. The van der Waals surface area contributed by atoms with Gasteiger partial charge in [-0.25, -0.2) is 4.68 Å². The van der Waals surface area contributed by atoms with Gasteiger partial charge in [0.2, 0.25) is 11.7 Å². The molecule has 1 N–H and O–H groups in total. The van der Waals surface area contributed by atoms with Gasteiger partial charge in [0.25, 0.3) is 0 Å². The van der Waals surface area contributed by atoms with E-state index < -0.39 is 45.4 Å². The van der Waals surface area contributed by atoms with Crippen LogP contribution in [0.1, 0.15) is 32.7 Å². The average molecular weight is 410 g/mol. The maximum Gasteiger partial charge on any atom is 0.458 e. The predicted octanol–water partition coefficient (Wildman–Crippen LogP) is 3.37. The SMILES string of the molecule is Cc1nn(C)c(O)c1C(=O)c1ccc(C(F)(F)C(F)(F)F)c([S+](C)[O-])c1C. The lowest BCUT2D eigenvalue weighted by Crippen LogP contribution is -2.35. The zero-order chi connectivity index (χ0) is 20.9. The average Bonchev–Trinajstić information content (AvgIpc) is 2.77. The van der Waals surface area contributed by atoms with Crippen LogP contribution in [-0.4, -0.2) is 37.7 Å². The first-order chi connectivity index (χ1) is 12.2. The highest BCUT2D eigenvalue weighted by Gasteiger charge is 2.61. The summed E-state index contributed by atoms with van der Waals surface area (Å²) in [5.41, 5.74) is -2.10. The van der Waals surface area contributed by atoms with Gasteiger partial charge in [0.05, 0.1) is 11.3 Å². The summed E-state index contributed by atoms with van der Waals surface area (Å²) >= 11 is -2.24. The standard InChI is InChI=1S/C16H15F5N2O3S/c1-7-9(12(24)11-8(2)22-23(3)14(11)25)5-6-10(13(7)27(4)26)15(17,18)16(19,20)21/h5-6,25H,1-4H3. The second kappa shape index (κ2) is 6.79. The van der Waals surface area contributed by atoms with Gasteiger partial charge in [0.15, 0.2) is 4.90 Å². The molecule has 0 aliphatic rings. The number of halogens is 5. The summed E-state index contributed by atoms with van der Waals surface area (Å²) in [6, 6.07) is 1.24. The molecule has 0 bridgehead atoms. The van der Waals surface area contributed by atoms with Gasteiger partial charge < -0.3 is 9.66 Å². The topological polar surface area (TPSA) is 78.2 Å². The number of nitrogens with zero attached hydrogens (tertiary/aromatic N) is 2. The first kappa shape index (κ1) is 21.2. The summed E-state index contributed by atoms with van der Waals surface area (Å²) in [5.74, 6) is -6.56. The monoisotopic (exact) mass is 410 g/mol. The van der Waals surface area contributed by atoms with E-state index in [0.717, 1.165) is 23.9 Å². The lowest BCUT2D eigenvalue weighted by atomic mass is 9.95. The van der Waals surface area contributed by atoms with Crippen LogP contribution in [0.2, 0.25) is 0 Å². The highest BCUT2D eigenvalue weighted by molar-refractivity contribution is 7.90. The molecule has 5 nitrogen and oxygen atoms in total. The summed E-state index contributed by atoms with van der Waals surface area (Å²) in [7, 11) is 1.37. The first-order valence-electron chi connectivity index (χ1n) is 7.41. The third-order valence-corrected chi connectivity index (χ3v) is 5.15. The third kappa shape index (κ3) is 3.41. The number of rotatable bonds is 4. The molecule has 0 saturated heterocycles. The fourth-order valence-electron chi connectivity index (χ4n) is 2.75. The minimum Gasteiger partial charge on any atom is -0.612 e. The van der Waals surface area contributed by atoms with Crippen LogP contribution in [0.3, 0.4) is 0 Å². The Morgan fingerprint density at radius 2 is 1.78 bits per heavy atom. The number of hydrogen-bond donors (Lipinski definition) is 1. The normalized spacial score (nSPS) is 13.7. The number of aromatic hydroxyl groups is 1. The number of alkyl halides is 5. The Hall–Kier alpha value is -2.14. The molecule has 0 fully saturated rings. The quantitative estimate of drug-likeness (QED) is 0.476. The minimum absolute atomic E-state index is 0.142. The number of ketones is 1. The number of hydrogen-bond acceptors (Lipinski definition) is 4. The Kier molecular flexibility index (Phi) is 5.32. The molecule has 148 valence electrons. The van der Waals surface area contributed by atoms with Crippen LogP contribution in [0.5, 0.6) is 5.88 Å². The highest BCUT2D eigenvalue weighted by atomic mass is 32.2. The summed E-state index contributed by atoms with van der Waals surface area (Å²) < 4.78 is 79.0. The van der Waals surface area contributed by atoms with E-state index >= 15 is 0 Å². The molecule has 1 unspecified atom stereocenters. The van der Waals surface area contributed by atoms with Gasteiger partial charge >= 0.3 is 12.1 Å². The summed E-state index contributed by atoms with van der Waals surface area (Å²) in [6.07, 6.45) is -4.95. The lowest BCUT2D eigenvalue weighted by molar-refractivity contribution is -0.290. The van der Waals surface area contributed by atoms with Crippen LogP contribution < -0.4 is 0 Å². The molecule has 2 rings (SSSR count). The van der Waals surface area contributed by atoms with Crippen LogP contribution in [0.4, 0.5) is 22.0 Å². The van der Waals surface area contributed by atoms with E-state index in [1.807, 2.05) is 0 Å². The van der Waals surface area contributed by atoms with Crippen LogP contribution in [0.25, 0.3) is 0 Å². The van der Waals surface area contributed by atoms with Crippen molar-refractivity contribution < 1.29 is 36.4 Å². The molecule has 1 aromatic heterocycles. The van der Waals surface area contributed by atoms with E-state index in [-0.39, 0.29) is 22.4 Å². The third-order valence-electron chi connectivity index (χ3n) is 4.05. The van der Waals surface area contributed by atoms with Gasteiger partial charge in [0, 0.05) is 18.2 Å². The molecule has 1 heterocycles. The van der Waals surface area contributed by atoms with Crippen LogP contribution >= 0.6 is 0 Å². The van der Waals surface area contributed by atoms with Gasteiger partial charge in [-0.1, -0.05) is 0 Å². The first-order valence-corrected chi connectivity index (χ1v) is 8.96. The van der Waals surface area contributed by atoms with E-state index in [2.05, 4.69) is 5.10 Å². The van der Waals surface area contributed by atoms with Crippen molar-refractivity contribution in [2.24, 2.45) is 7.05 Å². The molecular weight excluding hydrogens is 395 g/mol. The maximum atomic E-state index is 13.9.